The molecule has 3 nitrogen and oxygen atoms in total. The molecule has 0 aliphatic carbocycles. The van der Waals surface area contributed by atoms with Gasteiger partial charge in [-0.2, -0.15) is 0 Å². The molecule has 78 valence electrons. The third-order valence-electron chi connectivity index (χ3n) is 2.43. The van der Waals surface area contributed by atoms with Gasteiger partial charge in [-0.1, -0.05) is 0 Å². The lowest BCUT2D eigenvalue weighted by atomic mass is 10.1. The van der Waals surface area contributed by atoms with Crippen molar-refractivity contribution in [3.8, 4) is 0 Å². The average molecular weight is 193 g/mol. The fraction of sp³-hybridized carbons (Fsp3) is 0.545. The zero-order valence-corrected chi connectivity index (χ0v) is 9.36. The van der Waals surface area contributed by atoms with E-state index in [0.29, 0.717) is 6.04 Å². The quantitative estimate of drug-likeness (QED) is 0.797. The number of aromatic nitrogens is 1. The van der Waals surface area contributed by atoms with Crippen LogP contribution in [0.1, 0.15) is 32.4 Å². The van der Waals surface area contributed by atoms with E-state index in [-0.39, 0.29) is 6.04 Å². The Labute approximate surface area is 85.9 Å². The fourth-order valence-corrected chi connectivity index (χ4v) is 1.17. The van der Waals surface area contributed by atoms with Gasteiger partial charge in [0.15, 0.2) is 0 Å². The number of nitrogens with zero attached hydrogens (tertiary/aromatic N) is 2. The van der Waals surface area contributed by atoms with Gasteiger partial charge in [0, 0.05) is 25.3 Å². The molecule has 2 N–H and O–H groups in total. The summed E-state index contributed by atoms with van der Waals surface area (Å²) < 4.78 is 0. The number of pyridine rings is 1. The normalized spacial score (nSPS) is 13.0. The van der Waals surface area contributed by atoms with Crippen molar-refractivity contribution in [1.82, 2.24) is 4.98 Å². The van der Waals surface area contributed by atoms with Crippen LogP contribution >= 0.6 is 0 Å². The molecule has 0 bridgehead atoms. The van der Waals surface area contributed by atoms with Crippen LogP contribution in [-0.2, 0) is 0 Å². The predicted octanol–water partition coefficient (Wildman–Crippen LogP) is 1.95. The van der Waals surface area contributed by atoms with E-state index >= 15 is 0 Å². The molecular weight excluding hydrogens is 174 g/mol. The fourth-order valence-electron chi connectivity index (χ4n) is 1.17. The number of nitrogens with two attached hydrogens (primary N) is 1. The van der Waals surface area contributed by atoms with Gasteiger partial charge in [0.2, 0.25) is 0 Å². The Morgan fingerprint density at radius 2 is 2.00 bits per heavy atom. The molecule has 0 aliphatic heterocycles. The Balaban J connectivity index is 2.93. The van der Waals surface area contributed by atoms with E-state index in [9.17, 15) is 0 Å². The molecule has 0 saturated carbocycles. The third kappa shape index (κ3) is 2.45. The molecule has 0 fully saturated rings. The molecule has 3 heteroatoms. The highest BCUT2D eigenvalue weighted by Gasteiger charge is 2.07. The summed E-state index contributed by atoms with van der Waals surface area (Å²) >= 11 is 0. The van der Waals surface area contributed by atoms with Crippen LogP contribution in [0.15, 0.2) is 18.3 Å². The molecule has 0 amide bonds. The largest absolute Gasteiger partial charge is 0.357 e. The average Bonchev–Trinajstić information content (AvgIpc) is 2.16. The second-order valence-corrected chi connectivity index (χ2v) is 3.94. The van der Waals surface area contributed by atoms with Gasteiger partial charge < -0.3 is 10.6 Å². The Morgan fingerprint density at radius 1 is 1.36 bits per heavy atom. The summed E-state index contributed by atoms with van der Waals surface area (Å²) in [7, 11) is 2.04. The first-order chi connectivity index (χ1) is 6.52. The molecule has 0 aromatic carbocycles. The Bertz CT molecular complexity index is 294. The molecule has 0 spiro atoms. The van der Waals surface area contributed by atoms with Crippen LogP contribution in [0.25, 0.3) is 0 Å². The number of rotatable bonds is 3. The van der Waals surface area contributed by atoms with E-state index in [0.717, 1.165) is 11.4 Å². The minimum Gasteiger partial charge on any atom is -0.357 e. The minimum atomic E-state index is 0.0670. The monoisotopic (exact) mass is 193 g/mol. The van der Waals surface area contributed by atoms with Crippen molar-refractivity contribution in [3.05, 3.63) is 23.9 Å². The maximum Gasteiger partial charge on any atom is 0.128 e. The van der Waals surface area contributed by atoms with Crippen LogP contribution in [-0.4, -0.2) is 18.1 Å². The van der Waals surface area contributed by atoms with Crippen molar-refractivity contribution in [2.24, 2.45) is 5.73 Å². The van der Waals surface area contributed by atoms with Crippen molar-refractivity contribution in [2.75, 3.05) is 11.9 Å². The standard InChI is InChI=1S/C11H19N3/c1-8(2)14(4)11-7-10(9(3)12)5-6-13-11/h5-9H,12H2,1-4H3/t9-/m1/s1. The van der Waals surface area contributed by atoms with E-state index in [2.05, 4.69) is 23.7 Å². The number of hydrogen-bond donors (Lipinski definition) is 1. The summed E-state index contributed by atoms with van der Waals surface area (Å²) in [5.41, 5.74) is 6.94. The van der Waals surface area contributed by atoms with Crippen LogP contribution in [0.5, 0.6) is 0 Å². The molecule has 1 atom stereocenters. The lowest BCUT2D eigenvalue weighted by Crippen LogP contribution is -2.26. The van der Waals surface area contributed by atoms with Crippen LogP contribution in [0.3, 0.4) is 0 Å². The smallest absolute Gasteiger partial charge is 0.128 e. The third-order valence-corrected chi connectivity index (χ3v) is 2.43. The van der Waals surface area contributed by atoms with E-state index in [4.69, 9.17) is 5.73 Å². The summed E-state index contributed by atoms with van der Waals surface area (Å²) in [5, 5.41) is 0. The second kappa shape index (κ2) is 4.42. The van der Waals surface area contributed by atoms with Gasteiger partial charge >= 0.3 is 0 Å². The first kappa shape index (κ1) is 11.0. The molecule has 0 unspecified atom stereocenters. The van der Waals surface area contributed by atoms with Gasteiger partial charge in [0.25, 0.3) is 0 Å². The van der Waals surface area contributed by atoms with E-state index in [1.807, 2.05) is 32.3 Å². The van der Waals surface area contributed by atoms with Gasteiger partial charge in [-0.05, 0) is 38.5 Å². The molecule has 0 saturated heterocycles. The summed E-state index contributed by atoms with van der Waals surface area (Å²) in [4.78, 5) is 6.44. The molecule has 14 heavy (non-hydrogen) atoms. The number of anilines is 1. The zero-order valence-electron chi connectivity index (χ0n) is 9.36. The Hall–Kier alpha value is -1.09. The highest BCUT2D eigenvalue weighted by molar-refractivity contribution is 5.41. The lowest BCUT2D eigenvalue weighted by molar-refractivity contribution is 0.738. The molecule has 1 heterocycles. The first-order valence-corrected chi connectivity index (χ1v) is 4.96. The van der Waals surface area contributed by atoms with E-state index in [1.54, 1.807) is 0 Å². The summed E-state index contributed by atoms with van der Waals surface area (Å²) in [6, 6.07) is 4.52. The SMILES string of the molecule is CC(C)N(C)c1cc([C@@H](C)N)ccn1. The molecule has 1 aromatic heterocycles. The van der Waals surface area contributed by atoms with Crippen molar-refractivity contribution in [3.63, 3.8) is 0 Å². The lowest BCUT2D eigenvalue weighted by Gasteiger charge is -2.23. The molecule has 1 rings (SSSR count). The van der Waals surface area contributed by atoms with Gasteiger partial charge in [0.05, 0.1) is 0 Å². The van der Waals surface area contributed by atoms with Crippen molar-refractivity contribution < 1.29 is 0 Å². The highest BCUT2D eigenvalue weighted by atomic mass is 15.2. The van der Waals surface area contributed by atoms with Crippen LogP contribution < -0.4 is 10.6 Å². The van der Waals surface area contributed by atoms with Crippen LogP contribution in [0.2, 0.25) is 0 Å². The highest BCUT2D eigenvalue weighted by Crippen LogP contribution is 2.16. The van der Waals surface area contributed by atoms with E-state index < -0.39 is 0 Å². The molecular formula is C11H19N3. The molecule has 0 aliphatic rings. The first-order valence-electron chi connectivity index (χ1n) is 4.96. The number of hydrogen-bond acceptors (Lipinski definition) is 3. The Morgan fingerprint density at radius 3 is 2.50 bits per heavy atom. The maximum atomic E-state index is 5.81. The molecule has 0 radical (unpaired) electrons. The Kier molecular flexibility index (Phi) is 3.47. The van der Waals surface area contributed by atoms with Gasteiger partial charge in [-0.3, -0.25) is 0 Å². The van der Waals surface area contributed by atoms with E-state index in [1.165, 1.54) is 0 Å². The maximum absolute atomic E-state index is 5.81. The van der Waals surface area contributed by atoms with Gasteiger partial charge in [-0.15, -0.1) is 0 Å². The van der Waals surface area contributed by atoms with Crippen molar-refractivity contribution in [1.29, 1.82) is 0 Å². The molecule has 1 aromatic rings. The zero-order chi connectivity index (χ0) is 10.7. The van der Waals surface area contributed by atoms with Crippen molar-refractivity contribution >= 4 is 5.82 Å². The van der Waals surface area contributed by atoms with Gasteiger partial charge in [0.1, 0.15) is 5.82 Å². The summed E-state index contributed by atoms with van der Waals surface area (Å²) in [6.45, 7) is 6.26. The van der Waals surface area contributed by atoms with Gasteiger partial charge in [-0.25, -0.2) is 4.98 Å². The summed E-state index contributed by atoms with van der Waals surface area (Å²) in [5.74, 6) is 0.981. The minimum absolute atomic E-state index is 0.0670. The second-order valence-electron chi connectivity index (χ2n) is 3.94. The topological polar surface area (TPSA) is 42.1 Å². The summed E-state index contributed by atoms with van der Waals surface area (Å²) in [6.07, 6.45) is 1.81. The van der Waals surface area contributed by atoms with Crippen molar-refractivity contribution in [2.45, 2.75) is 32.9 Å². The van der Waals surface area contributed by atoms with Crippen LogP contribution in [0.4, 0.5) is 5.82 Å². The predicted molar refractivity (Wildman–Crippen MR) is 60.4 cm³/mol. The van der Waals surface area contributed by atoms with Crippen LogP contribution in [0, 0.1) is 0 Å².